The molecule has 1 aromatic carbocycles. The lowest BCUT2D eigenvalue weighted by molar-refractivity contribution is -0.134. The molecule has 0 saturated carbocycles. The van der Waals surface area contributed by atoms with Crippen molar-refractivity contribution in [3.63, 3.8) is 0 Å². The number of hydrogen-bond acceptors (Lipinski definition) is 6. The van der Waals surface area contributed by atoms with Gasteiger partial charge in [-0.2, -0.15) is 0 Å². The van der Waals surface area contributed by atoms with Crippen molar-refractivity contribution in [3.8, 4) is 5.75 Å². The summed E-state index contributed by atoms with van der Waals surface area (Å²) in [4.78, 5) is 32.5. The number of thiazole rings is 1. The van der Waals surface area contributed by atoms with Crippen molar-refractivity contribution in [1.82, 2.24) is 14.8 Å². The van der Waals surface area contributed by atoms with E-state index in [2.05, 4.69) is 4.98 Å². The van der Waals surface area contributed by atoms with Gasteiger partial charge in [-0.05, 0) is 30.8 Å². The first-order valence-electron chi connectivity index (χ1n) is 8.66. The number of piperazine rings is 1. The van der Waals surface area contributed by atoms with Gasteiger partial charge in [-0.3, -0.25) is 9.59 Å². The molecule has 3 rings (SSSR count). The highest BCUT2D eigenvalue weighted by molar-refractivity contribution is 7.09. The molecule has 0 unspecified atom stereocenters. The number of carbonyl (C=O) groups excluding carboxylic acids is 2. The lowest BCUT2D eigenvalue weighted by Gasteiger charge is -2.34. The number of hydrogen-bond donors (Lipinski definition) is 1. The number of carbonyl (C=O) groups is 2. The zero-order chi connectivity index (χ0) is 19.2. The standard InChI is InChI=1S/C18H21FN4O3S.ClH/c19-13-1-3-14(4-2-13)26-11-17(24)22-7-9-23(10-8-22)18(25)15-12-27-16(21-15)5-6-20;/h1-4,12H,5-11,20H2;1H. The molecule has 1 aromatic heterocycles. The summed E-state index contributed by atoms with van der Waals surface area (Å²) in [5.41, 5.74) is 5.94. The van der Waals surface area contributed by atoms with Gasteiger partial charge in [0, 0.05) is 38.0 Å². The van der Waals surface area contributed by atoms with Crippen LogP contribution >= 0.6 is 23.7 Å². The minimum Gasteiger partial charge on any atom is -0.484 e. The molecule has 1 aliphatic rings. The molecule has 1 fully saturated rings. The molecule has 2 amide bonds. The Bertz CT molecular complexity index is 794. The molecule has 0 bridgehead atoms. The SMILES string of the molecule is Cl.NCCc1nc(C(=O)N2CCN(C(=O)COc3ccc(F)cc3)CC2)cs1. The van der Waals surface area contributed by atoms with E-state index in [1.807, 2.05) is 0 Å². The van der Waals surface area contributed by atoms with E-state index in [1.54, 1.807) is 15.2 Å². The van der Waals surface area contributed by atoms with E-state index in [0.29, 0.717) is 50.6 Å². The molecule has 2 N–H and O–H groups in total. The number of aromatic nitrogens is 1. The van der Waals surface area contributed by atoms with Crippen LogP contribution in [-0.2, 0) is 11.2 Å². The number of nitrogens with two attached hydrogens (primary N) is 1. The molecule has 1 saturated heterocycles. The Kier molecular flexibility index (Phi) is 8.16. The second kappa shape index (κ2) is 10.4. The quantitative estimate of drug-likeness (QED) is 0.754. The fourth-order valence-corrected chi connectivity index (χ4v) is 3.52. The van der Waals surface area contributed by atoms with Gasteiger partial charge in [0.25, 0.3) is 11.8 Å². The Morgan fingerprint density at radius 1 is 1.14 bits per heavy atom. The highest BCUT2D eigenvalue weighted by Crippen LogP contribution is 2.15. The topological polar surface area (TPSA) is 88.8 Å². The van der Waals surface area contributed by atoms with Gasteiger partial charge in [0.2, 0.25) is 0 Å². The Balaban J connectivity index is 0.00000280. The second-order valence-corrected chi connectivity index (χ2v) is 7.02. The van der Waals surface area contributed by atoms with E-state index in [0.717, 1.165) is 5.01 Å². The zero-order valence-corrected chi connectivity index (χ0v) is 16.8. The summed E-state index contributed by atoms with van der Waals surface area (Å²) in [7, 11) is 0. The summed E-state index contributed by atoms with van der Waals surface area (Å²) in [6.07, 6.45) is 0.661. The first-order valence-corrected chi connectivity index (χ1v) is 9.54. The fraction of sp³-hybridized carbons (Fsp3) is 0.389. The smallest absolute Gasteiger partial charge is 0.273 e. The Morgan fingerprint density at radius 3 is 2.43 bits per heavy atom. The third-order valence-corrected chi connectivity index (χ3v) is 5.13. The van der Waals surface area contributed by atoms with E-state index in [-0.39, 0.29) is 36.6 Å². The van der Waals surface area contributed by atoms with Crippen molar-refractivity contribution in [2.75, 3.05) is 39.3 Å². The largest absolute Gasteiger partial charge is 0.484 e. The number of rotatable bonds is 6. The van der Waals surface area contributed by atoms with E-state index < -0.39 is 0 Å². The fourth-order valence-electron chi connectivity index (χ4n) is 2.74. The van der Waals surface area contributed by atoms with Crippen LogP contribution in [0, 0.1) is 5.82 Å². The predicted molar refractivity (Wildman–Crippen MR) is 106 cm³/mol. The summed E-state index contributed by atoms with van der Waals surface area (Å²) in [6.45, 7) is 2.17. The average Bonchev–Trinajstić information content (AvgIpc) is 3.16. The number of ether oxygens (including phenoxy) is 1. The van der Waals surface area contributed by atoms with E-state index >= 15 is 0 Å². The molecular formula is C18H22ClFN4O3S. The normalized spacial score (nSPS) is 13.8. The van der Waals surface area contributed by atoms with Gasteiger partial charge in [-0.1, -0.05) is 0 Å². The van der Waals surface area contributed by atoms with Crippen molar-refractivity contribution in [3.05, 3.63) is 46.2 Å². The van der Waals surface area contributed by atoms with Gasteiger partial charge in [-0.15, -0.1) is 23.7 Å². The third-order valence-electron chi connectivity index (χ3n) is 4.22. The van der Waals surface area contributed by atoms with Crippen LogP contribution in [0.15, 0.2) is 29.6 Å². The van der Waals surface area contributed by atoms with Gasteiger partial charge < -0.3 is 20.3 Å². The highest BCUT2D eigenvalue weighted by atomic mass is 35.5. The van der Waals surface area contributed by atoms with Crippen LogP contribution in [0.2, 0.25) is 0 Å². The number of halogens is 2. The molecule has 10 heteroatoms. The van der Waals surface area contributed by atoms with Gasteiger partial charge in [0.1, 0.15) is 17.3 Å². The molecular weight excluding hydrogens is 407 g/mol. The van der Waals surface area contributed by atoms with Gasteiger partial charge in [-0.25, -0.2) is 9.37 Å². The van der Waals surface area contributed by atoms with Gasteiger partial charge in [0.15, 0.2) is 6.61 Å². The van der Waals surface area contributed by atoms with Crippen LogP contribution in [0.25, 0.3) is 0 Å². The second-order valence-electron chi connectivity index (χ2n) is 6.08. The Labute approximate surface area is 172 Å². The number of benzene rings is 1. The molecule has 7 nitrogen and oxygen atoms in total. The first-order chi connectivity index (χ1) is 13.1. The molecule has 152 valence electrons. The maximum atomic E-state index is 12.9. The molecule has 1 aliphatic heterocycles. The van der Waals surface area contributed by atoms with Crippen LogP contribution in [0.5, 0.6) is 5.75 Å². The molecule has 28 heavy (non-hydrogen) atoms. The molecule has 0 aliphatic carbocycles. The third kappa shape index (κ3) is 5.63. The molecule has 0 atom stereocenters. The highest BCUT2D eigenvalue weighted by Gasteiger charge is 2.26. The van der Waals surface area contributed by atoms with Crippen LogP contribution in [0.3, 0.4) is 0 Å². The van der Waals surface area contributed by atoms with E-state index in [9.17, 15) is 14.0 Å². The van der Waals surface area contributed by atoms with Crippen molar-refractivity contribution < 1.29 is 18.7 Å². The summed E-state index contributed by atoms with van der Waals surface area (Å²) in [5, 5.41) is 2.61. The monoisotopic (exact) mass is 428 g/mol. The Morgan fingerprint density at radius 2 is 1.79 bits per heavy atom. The van der Waals surface area contributed by atoms with Crippen LogP contribution in [0.4, 0.5) is 4.39 Å². The van der Waals surface area contributed by atoms with Crippen molar-refractivity contribution >= 4 is 35.6 Å². The summed E-state index contributed by atoms with van der Waals surface area (Å²) in [5.74, 6) is -0.199. The lowest BCUT2D eigenvalue weighted by atomic mass is 10.3. The summed E-state index contributed by atoms with van der Waals surface area (Å²) in [6, 6.07) is 5.52. The average molecular weight is 429 g/mol. The predicted octanol–water partition coefficient (Wildman–Crippen LogP) is 1.57. The van der Waals surface area contributed by atoms with Gasteiger partial charge in [0.05, 0.1) is 5.01 Å². The molecule has 2 heterocycles. The maximum absolute atomic E-state index is 12.9. The van der Waals surface area contributed by atoms with Crippen LogP contribution < -0.4 is 10.5 Å². The molecule has 0 radical (unpaired) electrons. The molecule has 2 aromatic rings. The number of amides is 2. The lowest BCUT2D eigenvalue weighted by Crippen LogP contribution is -2.51. The maximum Gasteiger partial charge on any atom is 0.273 e. The first kappa shape index (κ1) is 22.1. The van der Waals surface area contributed by atoms with Crippen LogP contribution in [0.1, 0.15) is 15.5 Å². The van der Waals surface area contributed by atoms with E-state index in [1.165, 1.54) is 35.6 Å². The summed E-state index contributed by atoms with van der Waals surface area (Å²) >= 11 is 1.43. The Hall–Kier alpha value is -2.23. The van der Waals surface area contributed by atoms with Crippen molar-refractivity contribution in [1.29, 1.82) is 0 Å². The zero-order valence-electron chi connectivity index (χ0n) is 15.2. The van der Waals surface area contributed by atoms with Crippen molar-refractivity contribution in [2.45, 2.75) is 6.42 Å². The van der Waals surface area contributed by atoms with Crippen LogP contribution in [-0.4, -0.2) is 65.9 Å². The van der Waals surface area contributed by atoms with Gasteiger partial charge >= 0.3 is 0 Å². The minimum atomic E-state index is -0.357. The number of nitrogens with zero attached hydrogens (tertiary/aromatic N) is 3. The molecule has 0 spiro atoms. The summed E-state index contributed by atoms with van der Waals surface area (Å²) < 4.78 is 18.3. The van der Waals surface area contributed by atoms with E-state index in [4.69, 9.17) is 10.5 Å². The minimum absolute atomic E-state index is 0. The van der Waals surface area contributed by atoms with Crippen molar-refractivity contribution in [2.24, 2.45) is 5.73 Å².